The Morgan fingerprint density at radius 2 is 2.24 bits per heavy atom. The van der Waals surface area contributed by atoms with Crippen LogP contribution in [0.2, 0.25) is 5.02 Å². The van der Waals surface area contributed by atoms with Gasteiger partial charge in [0.1, 0.15) is 0 Å². The Bertz CT molecular complexity index is 556. The van der Waals surface area contributed by atoms with E-state index in [1.165, 1.54) is 23.1 Å². The zero-order valence-corrected chi connectivity index (χ0v) is 10.2. The Balaban J connectivity index is 2.07. The summed E-state index contributed by atoms with van der Waals surface area (Å²) in [5.74, 6) is 0. The predicted molar refractivity (Wildman–Crippen MR) is 70.8 cm³/mol. The number of aryl methyl sites for hydroxylation is 1. The minimum Gasteiger partial charge on any atom is -0.351 e. The highest BCUT2D eigenvalue weighted by atomic mass is 35.5. The molecule has 1 aliphatic rings. The van der Waals surface area contributed by atoms with Gasteiger partial charge in [-0.2, -0.15) is 0 Å². The van der Waals surface area contributed by atoms with E-state index >= 15 is 0 Å². The van der Waals surface area contributed by atoms with Crippen molar-refractivity contribution in [1.29, 1.82) is 0 Å². The van der Waals surface area contributed by atoms with E-state index in [9.17, 15) is 0 Å². The van der Waals surface area contributed by atoms with Gasteiger partial charge >= 0.3 is 0 Å². The molecule has 1 aromatic carbocycles. The molecule has 2 aromatic rings. The summed E-state index contributed by atoms with van der Waals surface area (Å²) in [7, 11) is 0. The number of aromatic amines is 1. The number of aromatic nitrogens is 2. The van der Waals surface area contributed by atoms with Gasteiger partial charge in [-0.15, -0.1) is 0 Å². The molecule has 0 atom stereocenters. The van der Waals surface area contributed by atoms with Crippen LogP contribution in [-0.4, -0.2) is 9.97 Å². The molecule has 0 bridgehead atoms. The van der Waals surface area contributed by atoms with Crippen LogP contribution < -0.4 is 0 Å². The third-order valence-electron chi connectivity index (χ3n) is 3.15. The first-order valence-electron chi connectivity index (χ1n) is 5.81. The van der Waals surface area contributed by atoms with Gasteiger partial charge in [-0.1, -0.05) is 17.7 Å². The molecule has 86 valence electrons. The molecule has 3 rings (SSSR count). The lowest BCUT2D eigenvalue weighted by molar-refractivity contribution is 0.824. The lowest BCUT2D eigenvalue weighted by Gasteiger charge is -2.19. The molecule has 3 heteroatoms. The first-order valence-corrected chi connectivity index (χ1v) is 6.19. The predicted octanol–water partition coefficient (Wildman–Crippen LogP) is 3.94. The molecule has 1 aliphatic carbocycles. The van der Waals surface area contributed by atoms with Gasteiger partial charge in [0.05, 0.1) is 12.0 Å². The molecule has 2 nitrogen and oxygen atoms in total. The van der Waals surface area contributed by atoms with Crippen molar-refractivity contribution in [3.63, 3.8) is 0 Å². The minimum absolute atomic E-state index is 0.804. The van der Waals surface area contributed by atoms with E-state index in [0.717, 1.165) is 23.6 Å². The quantitative estimate of drug-likeness (QED) is 0.809. The third-order valence-corrected chi connectivity index (χ3v) is 3.39. The Hall–Kier alpha value is -1.54. The molecule has 0 fully saturated rings. The second-order valence-electron chi connectivity index (χ2n) is 4.32. The maximum atomic E-state index is 6.07. The summed E-state index contributed by atoms with van der Waals surface area (Å²) in [6.07, 6.45) is 9.19. The molecule has 0 saturated heterocycles. The third kappa shape index (κ3) is 2.13. The van der Waals surface area contributed by atoms with Crippen LogP contribution in [0.3, 0.4) is 0 Å². The summed E-state index contributed by atoms with van der Waals surface area (Å²) < 4.78 is 0. The molecule has 1 aromatic heterocycles. The van der Waals surface area contributed by atoms with E-state index in [4.69, 9.17) is 11.6 Å². The van der Waals surface area contributed by atoms with Crippen LogP contribution in [0.15, 0.2) is 30.7 Å². The number of imidazole rings is 1. The molecule has 0 saturated carbocycles. The number of rotatable bonds is 1. The van der Waals surface area contributed by atoms with Crippen LogP contribution in [-0.2, 0) is 6.42 Å². The summed E-state index contributed by atoms with van der Waals surface area (Å²) in [4.78, 5) is 7.21. The van der Waals surface area contributed by atoms with Crippen LogP contribution in [0.5, 0.6) is 0 Å². The van der Waals surface area contributed by atoms with Crippen molar-refractivity contribution in [2.45, 2.75) is 19.3 Å². The molecule has 0 aliphatic heterocycles. The highest BCUT2D eigenvalue weighted by Gasteiger charge is 2.14. The molecule has 17 heavy (non-hydrogen) atoms. The highest BCUT2D eigenvalue weighted by Crippen LogP contribution is 2.33. The maximum Gasteiger partial charge on any atom is 0.0927 e. The highest BCUT2D eigenvalue weighted by molar-refractivity contribution is 6.30. The minimum atomic E-state index is 0.804. The van der Waals surface area contributed by atoms with Crippen LogP contribution in [0.4, 0.5) is 0 Å². The normalized spacial score (nSPS) is 17.1. The van der Waals surface area contributed by atoms with E-state index in [1.807, 2.05) is 12.3 Å². The van der Waals surface area contributed by atoms with E-state index < -0.39 is 0 Å². The van der Waals surface area contributed by atoms with E-state index in [-0.39, 0.29) is 0 Å². The van der Waals surface area contributed by atoms with Crippen molar-refractivity contribution in [1.82, 2.24) is 9.97 Å². The number of fused-ring (bicyclic) bond motifs is 1. The molecule has 0 amide bonds. The lowest BCUT2D eigenvalue weighted by Crippen LogP contribution is -2.01. The fraction of sp³-hybridized carbons (Fsp3) is 0.214. The summed E-state index contributed by atoms with van der Waals surface area (Å²) in [5.41, 5.74) is 4.99. The number of allylic oxidation sites excluding steroid dienone is 1. The topological polar surface area (TPSA) is 28.7 Å². The van der Waals surface area contributed by atoms with Gasteiger partial charge in [-0.25, -0.2) is 4.98 Å². The first kappa shape index (κ1) is 10.6. The summed E-state index contributed by atoms with van der Waals surface area (Å²) in [6, 6.07) is 6.17. The van der Waals surface area contributed by atoms with Crippen molar-refractivity contribution in [2.24, 2.45) is 0 Å². The number of nitrogens with zero attached hydrogens (tertiary/aromatic N) is 1. The van der Waals surface area contributed by atoms with Gasteiger partial charge in [-0.3, -0.25) is 0 Å². The Kier molecular flexibility index (Phi) is 2.73. The van der Waals surface area contributed by atoms with Crippen molar-refractivity contribution < 1.29 is 0 Å². The summed E-state index contributed by atoms with van der Waals surface area (Å²) in [5, 5.41) is 0.804. The average Bonchev–Trinajstić information content (AvgIpc) is 2.83. The van der Waals surface area contributed by atoms with E-state index in [2.05, 4.69) is 28.2 Å². The number of nitrogens with one attached hydrogen (secondary N) is 1. The largest absolute Gasteiger partial charge is 0.351 e. The lowest BCUT2D eigenvalue weighted by atomic mass is 9.87. The summed E-state index contributed by atoms with van der Waals surface area (Å²) in [6.45, 7) is 0. The van der Waals surface area contributed by atoms with Crippen molar-refractivity contribution in [3.8, 4) is 0 Å². The zero-order chi connectivity index (χ0) is 11.7. The standard InChI is InChI=1S/C14H13ClN2/c15-12-5-4-10-2-1-3-11(14(10)7-12)6-13-8-16-9-17-13/h4-9H,1-3H2,(H,16,17)/b11-6-. The molecule has 0 spiro atoms. The zero-order valence-electron chi connectivity index (χ0n) is 9.41. The average molecular weight is 245 g/mol. The fourth-order valence-electron chi connectivity index (χ4n) is 2.35. The van der Waals surface area contributed by atoms with Crippen LogP contribution in [0.1, 0.15) is 29.7 Å². The molecule has 0 radical (unpaired) electrons. The van der Waals surface area contributed by atoms with Gasteiger partial charge in [0.25, 0.3) is 0 Å². The van der Waals surface area contributed by atoms with Gasteiger partial charge in [0.2, 0.25) is 0 Å². The number of hydrogen-bond donors (Lipinski definition) is 1. The van der Waals surface area contributed by atoms with Gasteiger partial charge in [-0.05, 0) is 54.2 Å². The number of hydrogen-bond acceptors (Lipinski definition) is 1. The smallest absolute Gasteiger partial charge is 0.0927 e. The molecule has 1 N–H and O–H groups in total. The van der Waals surface area contributed by atoms with Crippen LogP contribution >= 0.6 is 11.6 Å². The maximum absolute atomic E-state index is 6.07. The number of benzene rings is 1. The number of H-pyrrole nitrogens is 1. The number of halogens is 1. The van der Waals surface area contributed by atoms with Crippen molar-refractivity contribution in [3.05, 3.63) is 52.6 Å². The van der Waals surface area contributed by atoms with Crippen molar-refractivity contribution in [2.75, 3.05) is 0 Å². The van der Waals surface area contributed by atoms with Gasteiger partial charge in [0.15, 0.2) is 0 Å². The SMILES string of the molecule is Clc1ccc2c(c1)/C(=C\c1c[nH]cn1)CCC2. The monoisotopic (exact) mass is 244 g/mol. The van der Waals surface area contributed by atoms with Crippen molar-refractivity contribution >= 4 is 23.3 Å². The second kappa shape index (κ2) is 4.38. The molecular weight excluding hydrogens is 232 g/mol. The first-order chi connectivity index (χ1) is 8.33. The summed E-state index contributed by atoms with van der Waals surface area (Å²) >= 11 is 6.07. The Labute approximate surface area is 105 Å². The van der Waals surface area contributed by atoms with Crippen LogP contribution in [0, 0.1) is 0 Å². The molecule has 0 unspecified atom stereocenters. The van der Waals surface area contributed by atoms with E-state index in [0.29, 0.717) is 0 Å². The van der Waals surface area contributed by atoms with Crippen LogP contribution in [0.25, 0.3) is 11.6 Å². The molecule has 1 heterocycles. The van der Waals surface area contributed by atoms with E-state index in [1.54, 1.807) is 6.33 Å². The molecular formula is C14H13ClN2. The van der Waals surface area contributed by atoms with Gasteiger partial charge < -0.3 is 4.98 Å². The Morgan fingerprint density at radius 3 is 3.06 bits per heavy atom. The Morgan fingerprint density at radius 1 is 1.29 bits per heavy atom. The fourth-order valence-corrected chi connectivity index (χ4v) is 2.52. The van der Waals surface area contributed by atoms with Gasteiger partial charge in [0, 0.05) is 11.2 Å². The second-order valence-corrected chi connectivity index (χ2v) is 4.76.